The van der Waals surface area contributed by atoms with Crippen LogP contribution in [0.15, 0.2) is 42.6 Å². The molecule has 0 fully saturated rings. The summed E-state index contributed by atoms with van der Waals surface area (Å²) in [5.74, 6) is 0.173. The van der Waals surface area contributed by atoms with Crippen molar-refractivity contribution in [1.82, 2.24) is 9.78 Å². The summed E-state index contributed by atoms with van der Waals surface area (Å²) in [6, 6.07) is 12.0. The van der Waals surface area contributed by atoms with Crippen LogP contribution in [0.25, 0.3) is 0 Å². The minimum Gasteiger partial charge on any atom is -0.388 e. The first-order valence-corrected chi connectivity index (χ1v) is 5.56. The first-order chi connectivity index (χ1) is 8.16. The van der Waals surface area contributed by atoms with Crippen LogP contribution in [0.2, 0.25) is 0 Å². The van der Waals surface area contributed by atoms with Gasteiger partial charge >= 0.3 is 0 Å². The summed E-state index contributed by atoms with van der Waals surface area (Å²) in [6.07, 6.45) is 2.40. The zero-order valence-corrected chi connectivity index (χ0v) is 9.80. The summed E-state index contributed by atoms with van der Waals surface area (Å²) in [5.41, 5.74) is 7.60. The van der Waals surface area contributed by atoms with E-state index in [-0.39, 0.29) is 11.9 Å². The van der Waals surface area contributed by atoms with E-state index in [9.17, 15) is 0 Å². The van der Waals surface area contributed by atoms with E-state index in [1.54, 1.807) is 0 Å². The Balaban J connectivity index is 2.35. The molecule has 0 aliphatic rings. The Morgan fingerprint density at radius 3 is 2.59 bits per heavy atom. The molecule has 3 N–H and O–H groups in total. The Kier molecular flexibility index (Phi) is 3.23. The molecule has 1 atom stereocenters. The molecule has 0 aliphatic heterocycles. The van der Waals surface area contributed by atoms with E-state index in [4.69, 9.17) is 11.1 Å². The van der Waals surface area contributed by atoms with Crippen LogP contribution in [0, 0.1) is 12.3 Å². The van der Waals surface area contributed by atoms with Crippen LogP contribution in [0.1, 0.15) is 23.7 Å². The maximum atomic E-state index is 7.47. The normalized spacial score (nSPS) is 12.3. The molecule has 0 saturated carbocycles. The lowest BCUT2D eigenvalue weighted by molar-refractivity contribution is 0.533. The van der Waals surface area contributed by atoms with Gasteiger partial charge in [0.25, 0.3) is 0 Å². The molecule has 0 amide bonds. The van der Waals surface area contributed by atoms with Crippen LogP contribution in [-0.2, 0) is 0 Å². The maximum Gasteiger partial charge on any atom is 0.0930 e. The first kappa shape index (κ1) is 11.4. The molecule has 4 heteroatoms. The average Bonchev–Trinajstić information content (AvgIpc) is 2.73. The minimum absolute atomic E-state index is 0.00222. The molecule has 1 heterocycles. The molecule has 0 radical (unpaired) electrons. The second-order valence-electron chi connectivity index (χ2n) is 4.09. The number of aromatic nitrogens is 2. The van der Waals surface area contributed by atoms with Crippen LogP contribution in [-0.4, -0.2) is 15.6 Å². The van der Waals surface area contributed by atoms with Gasteiger partial charge in [-0.3, -0.25) is 10.1 Å². The highest BCUT2D eigenvalue weighted by atomic mass is 15.3. The number of hydrogen-bond donors (Lipinski definition) is 2. The van der Waals surface area contributed by atoms with Gasteiger partial charge in [-0.2, -0.15) is 5.10 Å². The topological polar surface area (TPSA) is 67.7 Å². The molecule has 4 nitrogen and oxygen atoms in total. The van der Waals surface area contributed by atoms with E-state index < -0.39 is 0 Å². The number of nitrogens with one attached hydrogen (secondary N) is 1. The van der Waals surface area contributed by atoms with Crippen molar-refractivity contribution in [3.63, 3.8) is 0 Å². The fourth-order valence-corrected chi connectivity index (χ4v) is 1.85. The lowest BCUT2D eigenvalue weighted by atomic mass is 10.0. The monoisotopic (exact) mass is 228 g/mol. The molecule has 2 aromatic rings. The standard InChI is InChI=1S/C13H16N4/c1-10-7-8-17(16-10)12(9-13(14)15)11-5-3-2-4-6-11/h2-8,12H,9H2,1H3,(H3,14,15). The van der Waals surface area contributed by atoms with E-state index in [0.717, 1.165) is 11.3 Å². The number of nitrogens with two attached hydrogens (primary N) is 1. The van der Waals surface area contributed by atoms with Gasteiger partial charge in [-0.1, -0.05) is 30.3 Å². The van der Waals surface area contributed by atoms with Crippen LogP contribution >= 0.6 is 0 Å². The van der Waals surface area contributed by atoms with Crippen LogP contribution < -0.4 is 5.73 Å². The third-order valence-electron chi connectivity index (χ3n) is 2.66. The first-order valence-electron chi connectivity index (χ1n) is 5.56. The van der Waals surface area contributed by atoms with Crippen molar-refractivity contribution in [1.29, 1.82) is 5.41 Å². The molecular formula is C13H16N4. The molecule has 2 rings (SSSR count). The minimum atomic E-state index is 0.00222. The molecule has 0 bridgehead atoms. The number of benzene rings is 1. The Labute approximate surface area is 101 Å². The fraction of sp³-hybridized carbons (Fsp3) is 0.231. The van der Waals surface area contributed by atoms with Crippen molar-refractivity contribution in [2.45, 2.75) is 19.4 Å². The van der Waals surface area contributed by atoms with Crippen molar-refractivity contribution in [3.8, 4) is 0 Å². The smallest absolute Gasteiger partial charge is 0.0930 e. The molecule has 0 aliphatic carbocycles. The second-order valence-corrected chi connectivity index (χ2v) is 4.09. The van der Waals surface area contributed by atoms with Gasteiger partial charge < -0.3 is 5.73 Å². The van der Waals surface area contributed by atoms with Gasteiger partial charge in [0.2, 0.25) is 0 Å². The second kappa shape index (κ2) is 4.82. The van der Waals surface area contributed by atoms with Crippen molar-refractivity contribution < 1.29 is 0 Å². The van der Waals surface area contributed by atoms with Crippen LogP contribution in [0.3, 0.4) is 0 Å². The largest absolute Gasteiger partial charge is 0.388 e. The van der Waals surface area contributed by atoms with Crippen LogP contribution in [0.4, 0.5) is 0 Å². The summed E-state index contributed by atoms with van der Waals surface area (Å²) in [5, 5.41) is 11.9. The lowest BCUT2D eigenvalue weighted by Gasteiger charge is -2.17. The van der Waals surface area contributed by atoms with Crippen LogP contribution in [0.5, 0.6) is 0 Å². The van der Waals surface area contributed by atoms with Gasteiger partial charge in [0.05, 0.1) is 17.6 Å². The van der Waals surface area contributed by atoms with E-state index in [1.165, 1.54) is 0 Å². The zero-order valence-electron chi connectivity index (χ0n) is 9.80. The van der Waals surface area contributed by atoms with E-state index in [1.807, 2.05) is 54.2 Å². The van der Waals surface area contributed by atoms with Crippen molar-refractivity contribution in [2.75, 3.05) is 0 Å². The SMILES string of the molecule is Cc1ccn(C(CC(=N)N)c2ccccc2)n1. The molecule has 0 spiro atoms. The third kappa shape index (κ3) is 2.72. The highest BCUT2D eigenvalue weighted by Crippen LogP contribution is 2.21. The maximum absolute atomic E-state index is 7.47. The van der Waals surface area contributed by atoms with Gasteiger partial charge in [-0.25, -0.2) is 0 Å². The number of amidine groups is 1. The average molecular weight is 228 g/mol. The molecule has 1 unspecified atom stereocenters. The Morgan fingerprint density at radius 2 is 2.06 bits per heavy atom. The summed E-state index contributed by atoms with van der Waals surface area (Å²) >= 11 is 0. The van der Waals surface area contributed by atoms with E-state index in [0.29, 0.717) is 6.42 Å². The van der Waals surface area contributed by atoms with Gasteiger partial charge in [-0.05, 0) is 18.6 Å². The van der Waals surface area contributed by atoms with Gasteiger partial charge in [0.1, 0.15) is 0 Å². The van der Waals surface area contributed by atoms with E-state index in [2.05, 4.69) is 5.10 Å². The number of hydrogen-bond acceptors (Lipinski definition) is 2. The lowest BCUT2D eigenvalue weighted by Crippen LogP contribution is -2.20. The van der Waals surface area contributed by atoms with Crippen molar-refractivity contribution >= 4 is 5.84 Å². The predicted octanol–water partition coefficient (Wildman–Crippen LogP) is 2.11. The fourth-order valence-electron chi connectivity index (χ4n) is 1.85. The molecule has 0 saturated heterocycles. The number of nitrogens with zero attached hydrogens (tertiary/aromatic N) is 2. The summed E-state index contributed by atoms with van der Waals surface area (Å²) < 4.78 is 1.87. The number of rotatable bonds is 4. The summed E-state index contributed by atoms with van der Waals surface area (Å²) in [6.45, 7) is 1.95. The molecular weight excluding hydrogens is 212 g/mol. The summed E-state index contributed by atoms with van der Waals surface area (Å²) in [4.78, 5) is 0. The third-order valence-corrected chi connectivity index (χ3v) is 2.66. The number of aryl methyl sites for hydroxylation is 1. The zero-order chi connectivity index (χ0) is 12.3. The Morgan fingerprint density at radius 1 is 1.35 bits per heavy atom. The molecule has 88 valence electrons. The molecule has 1 aromatic carbocycles. The Bertz CT molecular complexity index is 501. The van der Waals surface area contributed by atoms with Crippen molar-refractivity contribution in [3.05, 3.63) is 53.9 Å². The predicted molar refractivity (Wildman–Crippen MR) is 68.1 cm³/mol. The molecule has 1 aromatic heterocycles. The Hall–Kier alpha value is -2.10. The van der Waals surface area contributed by atoms with Gasteiger partial charge in [0, 0.05) is 12.6 Å². The van der Waals surface area contributed by atoms with Crippen molar-refractivity contribution in [2.24, 2.45) is 5.73 Å². The summed E-state index contributed by atoms with van der Waals surface area (Å²) in [7, 11) is 0. The highest BCUT2D eigenvalue weighted by molar-refractivity contribution is 5.77. The van der Waals surface area contributed by atoms with E-state index >= 15 is 0 Å². The highest BCUT2D eigenvalue weighted by Gasteiger charge is 2.15. The molecule has 17 heavy (non-hydrogen) atoms. The van der Waals surface area contributed by atoms with Gasteiger partial charge in [-0.15, -0.1) is 0 Å². The van der Waals surface area contributed by atoms with Gasteiger partial charge in [0.15, 0.2) is 0 Å². The quantitative estimate of drug-likeness (QED) is 0.621.